The van der Waals surface area contributed by atoms with Crippen LogP contribution in [0.3, 0.4) is 0 Å². The van der Waals surface area contributed by atoms with Crippen molar-refractivity contribution >= 4 is 72.4 Å². The lowest BCUT2D eigenvalue weighted by molar-refractivity contribution is -0.113. The third kappa shape index (κ3) is 4.93. The number of halogens is 1. The minimum absolute atomic E-state index is 0.152. The highest BCUT2D eigenvalue weighted by Gasteiger charge is 2.24. The third-order valence-corrected chi connectivity index (χ3v) is 6.14. The number of anilines is 2. The molecule has 0 aliphatic heterocycles. The number of aromatic nitrogens is 2. The minimum atomic E-state index is -0.388. The van der Waals surface area contributed by atoms with Crippen molar-refractivity contribution in [1.82, 2.24) is 15.3 Å². The number of carbonyl (C=O) groups excluding carboxylic acids is 2. The van der Waals surface area contributed by atoms with Gasteiger partial charge in [0.2, 0.25) is 5.91 Å². The molecule has 0 unspecified atom stereocenters. The zero-order chi connectivity index (χ0) is 22.1. The number of nitrogens with zero attached hydrogens (tertiary/aromatic N) is 2. The Morgan fingerprint density at radius 1 is 1.27 bits per heavy atom. The van der Waals surface area contributed by atoms with Crippen molar-refractivity contribution in [3.63, 3.8) is 0 Å². The number of thioether (sulfide) groups is 1. The van der Waals surface area contributed by atoms with Crippen LogP contribution in [0, 0.1) is 0 Å². The number of hydrogen-bond acceptors (Lipinski definition) is 7. The van der Waals surface area contributed by atoms with Gasteiger partial charge < -0.3 is 16.4 Å². The van der Waals surface area contributed by atoms with Crippen LogP contribution >= 0.6 is 39.0 Å². The Balaban J connectivity index is 2.16. The summed E-state index contributed by atoms with van der Waals surface area (Å²) >= 11 is 5.81. The highest BCUT2D eigenvalue weighted by atomic mass is 79.9. The molecule has 2 aromatic heterocycles. The molecule has 30 heavy (non-hydrogen) atoms. The van der Waals surface area contributed by atoms with Gasteiger partial charge >= 0.3 is 0 Å². The first-order valence-corrected chi connectivity index (χ1v) is 12.2. The molecule has 4 N–H and O–H groups in total. The van der Waals surface area contributed by atoms with E-state index < -0.39 is 0 Å². The number of rotatable bonds is 5. The van der Waals surface area contributed by atoms with Crippen LogP contribution in [0.15, 0.2) is 29.4 Å². The fraction of sp³-hybridized carbons (Fsp3) is 0.300. The number of hydrogen-bond donors (Lipinski definition) is 3. The molecule has 7 nitrogen and oxygen atoms in total. The smallest absolute Gasteiger partial charge is 0.263 e. The van der Waals surface area contributed by atoms with Crippen LogP contribution in [0.5, 0.6) is 0 Å². The molecule has 2 heterocycles. The lowest BCUT2D eigenvalue weighted by Gasteiger charge is -2.20. The summed E-state index contributed by atoms with van der Waals surface area (Å²) in [4.78, 5) is 34.8. The molecule has 3 aromatic rings. The number of nitrogen functional groups attached to an aromatic ring is 1. The van der Waals surface area contributed by atoms with Crippen LogP contribution in [0.2, 0.25) is 0 Å². The van der Waals surface area contributed by atoms with Crippen LogP contribution in [0.1, 0.15) is 30.4 Å². The van der Waals surface area contributed by atoms with Gasteiger partial charge in [0.15, 0.2) is 5.16 Å². The van der Waals surface area contributed by atoms with E-state index in [0.29, 0.717) is 37.3 Å². The zero-order valence-electron chi connectivity index (χ0n) is 17.0. The van der Waals surface area contributed by atoms with Gasteiger partial charge in [-0.2, -0.15) is 0 Å². The Labute approximate surface area is 191 Å². The number of benzene rings is 1. The first-order chi connectivity index (χ1) is 14.1. The molecule has 10 heteroatoms. The lowest BCUT2D eigenvalue weighted by atomic mass is 10.1. The van der Waals surface area contributed by atoms with E-state index in [9.17, 15) is 9.59 Å². The lowest BCUT2D eigenvalue weighted by Crippen LogP contribution is -2.40. The molecule has 0 fully saturated rings. The molecular weight excluding hydrogens is 486 g/mol. The summed E-state index contributed by atoms with van der Waals surface area (Å²) < 4.78 is 0. The number of carbonyl (C=O) groups is 2. The molecule has 1 aromatic carbocycles. The molecule has 0 saturated carbocycles. The highest BCUT2D eigenvalue weighted by molar-refractivity contribution is 9.09. The summed E-state index contributed by atoms with van der Waals surface area (Å²) in [7, 11) is 0. The maximum absolute atomic E-state index is 12.8. The van der Waals surface area contributed by atoms with Crippen molar-refractivity contribution in [2.75, 3.05) is 22.6 Å². The van der Waals surface area contributed by atoms with Crippen molar-refractivity contribution in [1.29, 1.82) is 0 Å². The molecule has 2 amide bonds. The van der Waals surface area contributed by atoms with E-state index in [-0.39, 0.29) is 22.7 Å². The monoisotopic (exact) mass is 507 g/mol. The van der Waals surface area contributed by atoms with Crippen molar-refractivity contribution in [3.8, 4) is 11.3 Å². The number of amides is 2. The zero-order valence-corrected chi connectivity index (χ0v) is 20.2. The second-order valence-corrected chi connectivity index (χ2v) is 9.88. The van der Waals surface area contributed by atoms with Gasteiger partial charge in [-0.1, -0.05) is 39.8 Å². The largest absolute Gasteiger partial charge is 0.397 e. The van der Waals surface area contributed by atoms with Crippen molar-refractivity contribution in [3.05, 3.63) is 29.1 Å². The first-order valence-electron chi connectivity index (χ1n) is 9.05. The number of alkyl halides is 1. The van der Waals surface area contributed by atoms with Crippen molar-refractivity contribution in [2.24, 2.45) is 0 Å². The Hall–Kier alpha value is -2.17. The minimum Gasteiger partial charge on any atom is -0.397 e. The summed E-state index contributed by atoms with van der Waals surface area (Å²) in [6.45, 7) is 5.74. The molecule has 0 aliphatic carbocycles. The maximum Gasteiger partial charge on any atom is 0.263 e. The van der Waals surface area contributed by atoms with Gasteiger partial charge in [-0.3, -0.25) is 9.59 Å². The van der Waals surface area contributed by atoms with Crippen LogP contribution in [-0.4, -0.2) is 38.9 Å². The second-order valence-electron chi connectivity index (χ2n) is 7.55. The Morgan fingerprint density at radius 2 is 2.00 bits per heavy atom. The molecule has 158 valence electrons. The second kappa shape index (κ2) is 8.91. The number of thiophene rings is 1. The van der Waals surface area contributed by atoms with Gasteiger partial charge in [0.05, 0.1) is 22.1 Å². The van der Waals surface area contributed by atoms with Crippen molar-refractivity contribution < 1.29 is 9.59 Å². The summed E-state index contributed by atoms with van der Waals surface area (Å²) in [5.74, 6) is -0.390. The summed E-state index contributed by atoms with van der Waals surface area (Å²) in [6.07, 6.45) is 1.89. The standard InChI is InChI=1S/C20H22BrN5O2S2/c1-20(2,3)26-17(28)16-14(22)13-15(24-19(29-4)25-18(13)30-16)10-6-5-7-11(8-10)23-12(27)9-21/h5-8H,9,22H2,1-4H3,(H,23,27)(H,26,28). The van der Waals surface area contributed by atoms with E-state index in [1.807, 2.05) is 45.2 Å². The average molecular weight is 508 g/mol. The molecule has 3 rings (SSSR count). The normalized spacial score (nSPS) is 11.5. The molecule has 0 saturated heterocycles. The van der Waals surface area contributed by atoms with Gasteiger partial charge in [0.1, 0.15) is 9.71 Å². The van der Waals surface area contributed by atoms with E-state index in [1.165, 1.54) is 23.1 Å². The van der Waals surface area contributed by atoms with Crippen LogP contribution in [-0.2, 0) is 4.79 Å². The van der Waals surface area contributed by atoms with E-state index in [2.05, 4.69) is 36.5 Å². The number of fused-ring (bicyclic) bond motifs is 1. The van der Waals surface area contributed by atoms with Gasteiger partial charge in [0.25, 0.3) is 5.91 Å². The average Bonchev–Trinajstić information content (AvgIpc) is 3.02. The quantitative estimate of drug-likeness (QED) is 0.266. The maximum atomic E-state index is 12.8. The summed E-state index contributed by atoms with van der Waals surface area (Å²) in [5.41, 5.74) is 8.43. The Morgan fingerprint density at radius 3 is 2.63 bits per heavy atom. The number of nitrogens with one attached hydrogen (secondary N) is 2. The highest BCUT2D eigenvalue weighted by Crippen LogP contribution is 2.39. The van der Waals surface area contributed by atoms with Gasteiger partial charge in [-0.05, 0) is 39.2 Å². The molecule has 0 bridgehead atoms. The van der Waals surface area contributed by atoms with Crippen LogP contribution < -0.4 is 16.4 Å². The first kappa shape index (κ1) is 22.5. The van der Waals surface area contributed by atoms with Gasteiger partial charge in [-0.15, -0.1) is 11.3 Å². The Bertz CT molecular complexity index is 1120. The van der Waals surface area contributed by atoms with E-state index in [4.69, 9.17) is 5.73 Å². The molecular formula is C20H22BrN5O2S2. The molecule has 0 radical (unpaired) electrons. The third-order valence-electron chi connectivity index (χ3n) is 3.99. The van der Waals surface area contributed by atoms with E-state index >= 15 is 0 Å². The SMILES string of the molecule is CSc1nc(-c2cccc(NC(=O)CBr)c2)c2c(N)c(C(=O)NC(C)(C)C)sc2n1. The molecule has 0 spiro atoms. The summed E-state index contributed by atoms with van der Waals surface area (Å²) in [5, 5.41) is 7.19. The van der Waals surface area contributed by atoms with E-state index in [0.717, 1.165) is 5.56 Å². The van der Waals surface area contributed by atoms with E-state index in [1.54, 1.807) is 6.07 Å². The van der Waals surface area contributed by atoms with Crippen LogP contribution in [0.4, 0.5) is 11.4 Å². The number of nitrogens with two attached hydrogens (primary N) is 1. The molecule has 0 aliphatic rings. The fourth-order valence-electron chi connectivity index (χ4n) is 2.81. The predicted molar refractivity (Wildman–Crippen MR) is 129 cm³/mol. The topological polar surface area (TPSA) is 110 Å². The van der Waals surface area contributed by atoms with Crippen molar-refractivity contribution in [2.45, 2.75) is 31.5 Å². The summed E-state index contributed by atoms with van der Waals surface area (Å²) in [6, 6.07) is 7.36. The van der Waals surface area contributed by atoms with Crippen LogP contribution in [0.25, 0.3) is 21.5 Å². The fourth-order valence-corrected chi connectivity index (χ4v) is 4.36. The van der Waals surface area contributed by atoms with Gasteiger partial charge in [0, 0.05) is 16.8 Å². The Kier molecular flexibility index (Phi) is 6.68. The predicted octanol–water partition coefficient (Wildman–Crippen LogP) is 4.52. The molecule has 0 atom stereocenters. The van der Waals surface area contributed by atoms with Gasteiger partial charge in [-0.25, -0.2) is 9.97 Å².